The minimum absolute atomic E-state index is 0.0905. The van der Waals surface area contributed by atoms with Crippen molar-refractivity contribution in [1.82, 2.24) is 19.8 Å². The minimum Gasteiger partial charge on any atom is -0.496 e. The second-order valence-electron chi connectivity index (χ2n) is 6.28. The first-order valence-corrected chi connectivity index (χ1v) is 8.51. The van der Waals surface area contributed by atoms with E-state index in [1.165, 1.54) is 7.11 Å². The van der Waals surface area contributed by atoms with Crippen LogP contribution >= 0.6 is 0 Å². The number of rotatable bonds is 5. The molecule has 0 atom stereocenters. The Bertz CT molecular complexity index is 1150. The van der Waals surface area contributed by atoms with Gasteiger partial charge >= 0.3 is 0 Å². The van der Waals surface area contributed by atoms with Crippen molar-refractivity contribution < 1.29 is 18.0 Å². The highest BCUT2D eigenvalue weighted by molar-refractivity contribution is 5.81. The predicted octanol–water partition coefficient (Wildman–Crippen LogP) is 3.90. The Balaban J connectivity index is 1.71. The fraction of sp³-hybridized carbons (Fsp3) is 0.211. The standard InChI is InChI=1S/C19H17F2N5O2/c1-10-18(11(2)28-25-10)13-4-5-17(26-9-23-24-19(13)26)22-8-14-15(21)6-12(20)7-16(14)27-3/h4-7,9,22H,8H2,1-3H3. The lowest BCUT2D eigenvalue weighted by molar-refractivity contribution is 0.393. The van der Waals surface area contributed by atoms with Crippen molar-refractivity contribution in [3.63, 3.8) is 0 Å². The molecule has 9 heteroatoms. The average Bonchev–Trinajstić information content (AvgIpc) is 3.28. The summed E-state index contributed by atoms with van der Waals surface area (Å²) < 4.78 is 39.7. The number of ether oxygens (including phenoxy) is 1. The van der Waals surface area contributed by atoms with E-state index in [1.807, 2.05) is 26.0 Å². The summed E-state index contributed by atoms with van der Waals surface area (Å²) in [6, 6.07) is 5.67. The van der Waals surface area contributed by atoms with Crippen molar-refractivity contribution in [2.45, 2.75) is 20.4 Å². The van der Waals surface area contributed by atoms with Gasteiger partial charge in [0.2, 0.25) is 0 Å². The Kier molecular flexibility index (Phi) is 4.42. The molecule has 1 aromatic carbocycles. The normalized spacial score (nSPS) is 11.2. The van der Waals surface area contributed by atoms with E-state index in [-0.39, 0.29) is 17.9 Å². The van der Waals surface area contributed by atoms with Gasteiger partial charge in [0.25, 0.3) is 0 Å². The Morgan fingerprint density at radius 1 is 1.21 bits per heavy atom. The maximum absolute atomic E-state index is 14.2. The van der Waals surface area contributed by atoms with Crippen LogP contribution in [-0.2, 0) is 6.54 Å². The third-order valence-corrected chi connectivity index (χ3v) is 4.54. The average molecular weight is 385 g/mol. The Morgan fingerprint density at radius 3 is 2.75 bits per heavy atom. The molecule has 0 aliphatic heterocycles. The first-order valence-electron chi connectivity index (χ1n) is 8.51. The van der Waals surface area contributed by atoms with Crippen LogP contribution in [-0.4, -0.2) is 26.9 Å². The number of nitrogens with zero attached hydrogens (tertiary/aromatic N) is 4. The number of pyridine rings is 1. The summed E-state index contributed by atoms with van der Waals surface area (Å²) in [6.45, 7) is 3.78. The number of methoxy groups -OCH3 is 1. The number of nitrogens with one attached hydrogen (secondary N) is 1. The summed E-state index contributed by atoms with van der Waals surface area (Å²) in [6.07, 6.45) is 1.55. The van der Waals surface area contributed by atoms with Crippen LogP contribution in [0.25, 0.3) is 16.8 Å². The van der Waals surface area contributed by atoms with Crippen LogP contribution in [0.5, 0.6) is 5.75 Å². The van der Waals surface area contributed by atoms with E-state index in [2.05, 4.69) is 20.7 Å². The molecule has 0 saturated heterocycles. The third kappa shape index (κ3) is 2.94. The largest absolute Gasteiger partial charge is 0.496 e. The summed E-state index contributed by atoms with van der Waals surface area (Å²) in [5.41, 5.74) is 3.26. The SMILES string of the molecule is COc1cc(F)cc(F)c1CNc1ccc(-c2c(C)noc2C)c2nncn12. The van der Waals surface area contributed by atoms with Gasteiger partial charge < -0.3 is 14.6 Å². The van der Waals surface area contributed by atoms with Gasteiger partial charge in [0.15, 0.2) is 5.65 Å². The molecule has 144 valence electrons. The topological polar surface area (TPSA) is 77.5 Å². The monoisotopic (exact) mass is 385 g/mol. The summed E-state index contributed by atoms with van der Waals surface area (Å²) in [5.74, 6) is 0.0830. The van der Waals surface area contributed by atoms with Gasteiger partial charge in [-0.25, -0.2) is 8.78 Å². The van der Waals surface area contributed by atoms with Gasteiger partial charge in [-0.15, -0.1) is 10.2 Å². The van der Waals surface area contributed by atoms with Crippen molar-refractivity contribution in [3.05, 3.63) is 59.2 Å². The van der Waals surface area contributed by atoms with E-state index in [0.717, 1.165) is 29.0 Å². The number of fused-ring (bicyclic) bond motifs is 1. The van der Waals surface area contributed by atoms with E-state index in [0.29, 0.717) is 17.2 Å². The molecule has 4 rings (SSSR count). The van der Waals surface area contributed by atoms with Gasteiger partial charge in [-0.3, -0.25) is 4.40 Å². The third-order valence-electron chi connectivity index (χ3n) is 4.54. The molecular formula is C19H17F2N5O2. The van der Waals surface area contributed by atoms with Crippen molar-refractivity contribution in [2.24, 2.45) is 0 Å². The van der Waals surface area contributed by atoms with Gasteiger partial charge in [0, 0.05) is 29.8 Å². The summed E-state index contributed by atoms with van der Waals surface area (Å²) in [4.78, 5) is 0. The number of halogens is 2. The van der Waals surface area contributed by atoms with E-state index < -0.39 is 11.6 Å². The molecule has 28 heavy (non-hydrogen) atoms. The zero-order valence-electron chi connectivity index (χ0n) is 15.5. The molecular weight excluding hydrogens is 368 g/mol. The van der Waals surface area contributed by atoms with Crippen molar-refractivity contribution in [3.8, 4) is 16.9 Å². The van der Waals surface area contributed by atoms with Crippen LogP contribution in [0.4, 0.5) is 14.6 Å². The van der Waals surface area contributed by atoms with Gasteiger partial charge in [-0.2, -0.15) is 0 Å². The molecule has 0 radical (unpaired) electrons. The lowest BCUT2D eigenvalue weighted by Crippen LogP contribution is -2.08. The predicted molar refractivity (Wildman–Crippen MR) is 98.2 cm³/mol. The molecule has 0 spiro atoms. The Labute approximate surface area is 158 Å². The molecule has 0 aliphatic rings. The highest BCUT2D eigenvalue weighted by Crippen LogP contribution is 2.31. The highest BCUT2D eigenvalue weighted by Gasteiger charge is 2.18. The van der Waals surface area contributed by atoms with Crippen molar-refractivity contribution >= 4 is 11.5 Å². The molecule has 0 bridgehead atoms. The second-order valence-corrected chi connectivity index (χ2v) is 6.28. The van der Waals surface area contributed by atoms with Crippen LogP contribution in [0.2, 0.25) is 0 Å². The van der Waals surface area contributed by atoms with Crippen LogP contribution in [0.15, 0.2) is 35.1 Å². The maximum Gasteiger partial charge on any atom is 0.170 e. The number of anilines is 1. The van der Waals surface area contributed by atoms with E-state index in [1.54, 1.807) is 10.7 Å². The number of hydrogen-bond donors (Lipinski definition) is 1. The lowest BCUT2D eigenvalue weighted by Gasteiger charge is -2.14. The van der Waals surface area contributed by atoms with E-state index in [4.69, 9.17) is 9.26 Å². The van der Waals surface area contributed by atoms with Crippen molar-refractivity contribution in [2.75, 3.05) is 12.4 Å². The molecule has 3 aromatic heterocycles. The van der Waals surface area contributed by atoms with E-state index >= 15 is 0 Å². The van der Waals surface area contributed by atoms with Gasteiger partial charge in [0.1, 0.15) is 35.3 Å². The molecule has 4 aromatic rings. The molecule has 1 N–H and O–H groups in total. The number of aromatic nitrogens is 4. The first-order chi connectivity index (χ1) is 13.5. The number of hydrogen-bond acceptors (Lipinski definition) is 6. The van der Waals surface area contributed by atoms with Gasteiger partial charge in [0.05, 0.1) is 18.4 Å². The first kappa shape index (κ1) is 17.9. The molecule has 7 nitrogen and oxygen atoms in total. The quantitative estimate of drug-likeness (QED) is 0.561. The molecule has 0 fully saturated rings. The number of aryl methyl sites for hydroxylation is 2. The molecule has 0 aliphatic carbocycles. The van der Waals surface area contributed by atoms with Gasteiger partial charge in [-0.1, -0.05) is 5.16 Å². The molecule has 0 unspecified atom stereocenters. The Hall–Kier alpha value is -3.49. The van der Waals surface area contributed by atoms with Gasteiger partial charge in [-0.05, 0) is 26.0 Å². The summed E-state index contributed by atoms with van der Waals surface area (Å²) in [5, 5.41) is 15.3. The maximum atomic E-state index is 14.2. The van der Waals surface area contributed by atoms with E-state index in [9.17, 15) is 8.78 Å². The zero-order chi connectivity index (χ0) is 19.8. The second kappa shape index (κ2) is 6.91. The smallest absolute Gasteiger partial charge is 0.170 e. The highest BCUT2D eigenvalue weighted by atomic mass is 19.1. The minimum atomic E-state index is -0.692. The molecule has 3 heterocycles. The number of benzene rings is 1. The molecule has 0 saturated carbocycles. The fourth-order valence-electron chi connectivity index (χ4n) is 3.23. The van der Waals surface area contributed by atoms with Crippen LogP contribution in [0, 0.1) is 25.5 Å². The lowest BCUT2D eigenvalue weighted by atomic mass is 10.1. The Morgan fingerprint density at radius 2 is 2.04 bits per heavy atom. The molecule has 0 amide bonds. The summed E-state index contributed by atoms with van der Waals surface area (Å²) >= 11 is 0. The van der Waals surface area contributed by atoms with Crippen molar-refractivity contribution in [1.29, 1.82) is 0 Å². The zero-order valence-corrected chi connectivity index (χ0v) is 15.5. The van der Waals surface area contributed by atoms with Crippen LogP contribution in [0.1, 0.15) is 17.0 Å². The summed E-state index contributed by atoms with van der Waals surface area (Å²) in [7, 11) is 1.37. The van der Waals surface area contributed by atoms with Crippen LogP contribution < -0.4 is 10.1 Å². The fourth-order valence-corrected chi connectivity index (χ4v) is 3.23. The van der Waals surface area contributed by atoms with Crippen LogP contribution in [0.3, 0.4) is 0 Å².